The number of hydrogen-bond donors (Lipinski definition) is 0. The minimum absolute atomic E-state index is 0.315. The molecule has 2 aromatic carbocycles. The van der Waals surface area contributed by atoms with Gasteiger partial charge in [-0.05, 0) is 94.5 Å². The summed E-state index contributed by atoms with van der Waals surface area (Å²) in [4.78, 5) is 2.40. The van der Waals surface area contributed by atoms with E-state index in [1.165, 1.54) is 27.8 Å². The molecule has 0 bridgehead atoms. The number of benzene rings is 2. The molecular formula is C39H35N. The maximum atomic E-state index is 4.80. The number of nitrogens with zero attached hydrogens (tertiary/aromatic N) is 1. The van der Waals surface area contributed by atoms with E-state index in [1.54, 1.807) is 0 Å². The fourth-order valence-corrected chi connectivity index (χ4v) is 6.36. The van der Waals surface area contributed by atoms with Crippen molar-refractivity contribution < 1.29 is 0 Å². The van der Waals surface area contributed by atoms with Crippen molar-refractivity contribution in [2.45, 2.75) is 25.7 Å². The molecule has 0 atom stereocenters. The van der Waals surface area contributed by atoms with Crippen LogP contribution in [0.1, 0.15) is 29.5 Å². The number of fused-ring (bicyclic) bond motifs is 2. The van der Waals surface area contributed by atoms with Gasteiger partial charge in [-0.15, -0.1) is 0 Å². The average molecular weight is 518 g/mol. The first-order valence-corrected chi connectivity index (χ1v) is 14.0. The number of hydrogen-bond acceptors (Lipinski definition) is 1. The molecule has 6 rings (SSSR count). The highest BCUT2D eigenvalue weighted by molar-refractivity contribution is 5.79. The van der Waals surface area contributed by atoms with Crippen LogP contribution in [0.25, 0.3) is 6.08 Å². The molecule has 0 aromatic heterocycles. The van der Waals surface area contributed by atoms with Crippen LogP contribution in [0.2, 0.25) is 0 Å². The summed E-state index contributed by atoms with van der Waals surface area (Å²) in [6.07, 6.45) is 27.6. The molecular weight excluding hydrogens is 482 g/mol. The zero-order valence-corrected chi connectivity index (χ0v) is 23.1. The van der Waals surface area contributed by atoms with Crippen LogP contribution < -0.4 is 4.90 Å². The van der Waals surface area contributed by atoms with Gasteiger partial charge >= 0.3 is 0 Å². The van der Waals surface area contributed by atoms with Gasteiger partial charge in [0, 0.05) is 11.1 Å². The van der Waals surface area contributed by atoms with E-state index >= 15 is 0 Å². The van der Waals surface area contributed by atoms with E-state index in [-0.39, 0.29) is 5.41 Å². The van der Waals surface area contributed by atoms with E-state index in [9.17, 15) is 0 Å². The molecule has 196 valence electrons. The van der Waals surface area contributed by atoms with Gasteiger partial charge in [-0.25, -0.2) is 0 Å². The van der Waals surface area contributed by atoms with Crippen molar-refractivity contribution in [2.75, 3.05) is 4.90 Å². The molecule has 40 heavy (non-hydrogen) atoms. The smallest absolute Gasteiger partial charge is 0.0534 e. The highest BCUT2D eigenvalue weighted by Crippen LogP contribution is 2.52. The van der Waals surface area contributed by atoms with Gasteiger partial charge in [0.25, 0.3) is 0 Å². The van der Waals surface area contributed by atoms with Gasteiger partial charge in [0.05, 0.1) is 11.4 Å². The first-order chi connectivity index (χ1) is 19.5. The zero-order chi connectivity index (χ0) is 27.7. The van der Waals surface area contributed by atoms with Crippen molar-refractivity contribution in [2.24, 2.45) is 5.41 Å². The Kier molecular flexibility index (Phi) is 6.74. The number of anilines is 1. The lowest BCUT2D eigenvalue weighted by Crippen LogP contribution is -2.28. The topological polar surface area (TPSA) is 3.24 Å². The Morgan fingerprint density at radius 1 is 0.825 bits per heavy atom. The monoisotopic (exact) mass is 517 g/mol. The summed E-state index contributed by atoms with van der Waals surface area (Å²) in [5.41, 5.74) is 12.5. The maximum Gasteiger partial charge on any atom is 0.0534 e. The maximum absolute atomic E-state index is 4.80. The summed E-state index contributed by atoms with van der Waals surface area (Å²) in [6, 6.07) is 17.4. The van der Waals surface area contributed by atoms with E-state index in [4.69, 9.17) is 6.58 Å². The van der Waals surface area contributed by atoms with Crippen molar-refractivity contribution >= 4 is 11.8 Å². The molecule has 0 unspecified atom stereocenters. The zero-order valence-electron chi connectivity index (χ0n) is 23.1. The minimum atomic E-state index is -0.315. The van der Waals surface area contributed by atoms with E-state index in [1.807, 2.05) is 6.08 Å². The van der Waals surface area contributed by atoms with Gasteiger partial charge in [0.15, 0.2) is 0 Å². The molecule has 0 saturated heterocycles. The van der Waals surface area contributed by atoms with Crippen LogP contribution in [0.5, 0.6) is 0 Å². The van der Waals surface area contributed by atoms with Crippen LogP contribution in [-0.4, -0.2) is 0 Å². The van der Waals surface area contributed by atoms with Crippen LogP contribution in [0.4, 0.5) is 5.69 Å². The predicted molar refractivity (Wildman–Crippen MR) is 172 cm³/mol. The van der Waals surface area contributed by atoms with E-state index in [0.717, 1.165) is 59.5 Å². The Morgan fingerprint density at radius 2 is 1.55 bits per heavy atom. The van der Waals surface area contributed by atoms with Crippen LogP contribution in [0.3, 0.4) is 0 Å². The second-order valence-electron chi connectivity index (χ2n) is 11.0. The van der Waals surface area contributed by atoms with Crippen molar-refractivity contribution in [1.82, 2.24) is 0 Å². The van der Waals surface area contributed by atoms with Crippen molar-refractivity contribution in [1.29, 1.82) is 0 Å². The predicted octanol–water partition coefficient (Wildman–Crippen LogP) is 9.70. The fraction of sp³-hybridized carbons (Fsp3) is 0.128. The first kappa shape index (κ1) is 25.6. The Hall–Kier alpha value is -4.62. The Balaban J connectivity index is 1.57. The summed E-state index contributed by atoms with van der Waals surface area (Å²) < 4.78 is 0. The molecule has 1 nitrogen and oxygen atoms in total. The molecule has 3 aliphatic carbocycles. The second kappa shape index (κ2) is 10.5. The molecule has 0 radical (unpaired) electrons. The molecule has 1 spiro atoms. The van der Waals surface area contributed by atoms with Crippen molar-refractivity contribution in [3.8, 4) is 0 Å². The Labute approximate surface area is 238 Å². The molecule has 0 saturated carbocycles. The Morgan fingerprint density at radius 3 is 2.33 bits per heavy atom. The summed E-state index contributed by atoms with van der Waals surface area (Å²) >= 11 is 0. The molecule has 0 amide bonds. The first-order valence-electron chi connectivity index (χ1n) is 14.0. The van der Waals surface area contributed by atoms with Gasteiger partial charge in [-0.3, -0.25) is 0 Å². The van der Waals surface area contributed by atoms with E-state index in [2.05, 4.69) is 134 Å². The van der Waals surface area contributed by atoms with Crippen LogP contribution in [0.15, 0.2) is 175 Å². The standard InChI is InChI=1S/C39H35N/c1-5-28(2)24-36-29(3)14-13-19-35(25-30(4)39(36)26-33-17-9-10-18-34(33)27-39)40-37-20-8-6-7-15-31(37)22-23-32-16-11-12-21-38(32)40/h5,7-13,15-25H,1-4,6,14,26-27H2/b19-13-,35-25+,36-24+. The molecule has 2 aromatic rings. The van der Waals surface area contributed by atoms with E-state index in [0.29, 0.717) is 0 Å². The normalized spacial score (nSPS) is 22.4. The fourth-order valence-electron chi connectivity index (χ4n) is 6.36. The third-order valence-corrected chi connectivity index (χ3v) is 8.44. The SMILES string of the molecule is C=CC(=C)/C=C1\C(=C)C/C=C\C(N2C3=C(C=CCC=C3)C=Cc3ccccc32)=C/C(=C)C12Cc1ccccc1C2. The number of rotatable bonds is 3. The largest absolute Gasteiger partial charge is 0.309 e. The van der Waals surface area contributed by atoms with Gasteiger partial charge in [0.2, 0.25) is 0 Å². The average Bonchev–Trinajstić information content (AvgIpc) is 3.13. The summed E-state index contributed by atoms with van der Waals surface area (Å²) in [7, 11) is 0. The lowest BCUT2D eigenvalue weighted by Gasteiger charge is -2.35. The summed E-state index contributed by atoms with van der Waals surface area (Å²) in [5, 5.41) is 0. The van der Waals surface area contributed by atoms with Crippen molar-refractivity contribution in [3.05, 3.63) is 192 Å². The van der Waals surface area contributed by atoms with Gasteiger partial charge in [-0.2, -0.15) is 0 Å². The lowest BCUT2D eigenvalue weighted by molar-refractivity contribution is 0.473. The molecule has 4 aliphatic rings. The Bertz CT molecular complexity index is 1630. The van der Waals surface area contributed by atoms with Gasteiger partial charge in [0.1, 0.15) is 0 Å². The van der Waals surface area contributed by atoms with Gasteiger partial charge < -0.3 is 4.90 Å². The lowest BCUT2D eigenvalue weighted by atomic mass is 9.68. The quantitative estimate of drug-likeness (QED) is 0.366. The van der Waals surface area contributed by atoms with Crippen LogP contribution >= 0.6 is 0 Å². The summed E-state index contributed by atoms with van der Waals surface area (Å²) in [6.45, 7) is 17.6. The summed E-state index contributed by atoms with van der Waals surface area (Å²) in [5.74, 6) is 0. The highest BCUT2D eigenvalue weighted by atomic mass is 15.2. The minimum Gasteiger partial charge on any atom is -0.309 e. The van der Waals surface area contributed by atoms with E-state index < -0.39 is 0 Å². The molecule has 0 fully saturated rings. The number of allylic oxidation sites excluding steroid dienone is 15. The molecule has 1 aliphatic heterocycles. The van der Waals surface area contributed by atoms with Gasteiger partial charge in [-0.1, -0.05) is 117 Å². The third kappa shape index (κ3) is 4.48. The highest BCUT2D eigenvalue weighted by Gasteiger charge is 2.43. The van der Waals surface area contributed by atoms with Crippen molar-refractivity contribution in [3.63, 3.8) is 0 Å². The molecule has 1 heterocycles. The van der Waals surface area contributed by atoms with Crippen LogP contribution in [-0.2, 0) is 12.8 Å². The molecule has 1 heteroatoms. The third-order valence-electron chi connectivity index (χ3n) is 8.44. The molecule has 0 N–H and O–H groups in total. The number of para-hydroxylation sites is 1. The van der Waals surface area contributed by atoms with Crippen LogP contribution in [0, 0.1) is 5.41 Å². The second-order valence-corrected chi connectivity index (χ2v) is 11.0.